The van der Waals surface area contributed by atoms with Gasteiger partial charge in [-0.1, -0.05) is 19.4 Å². The van der Waals surface area contributed by atoms with Gasteiger partial charge in [0.1, 0.15) is 11.5 Å². The second-order valence-electron chi connectivity index (χ2n) is 6.32. The van der Waals surface area contributed by atoms with E-state index in [1.165, 1.54) is 11.3 Å². The summed E-state index contributed by atoms with van der Waals surface area (Å²) in [6.07, 6.45) is 1.72. The van der Waals surface area contributed by atoms with Crippen LogP contribution in [-0.2, 0) is 9.59 Å². The molecular weight excluding hydrogens is 362 g/mol. The lowest BCUT2D eigenvalue weighted by Crippen LogP contribution is -2.30. The first kappa shape index (κ1) is 19.2. The van der Waals surface area contributed by atoms with Gasteiger partial charge in [0.05, 0.1) is 18.2 Å². The lowest BCUT2D eigenvalue weighted by atomic mass is 10.00. The predicted molar refractivity (Wildman–Crippen MR) is 106 cm³/mol. The van der Waals surface area contributed by atoms with Gasteiger partial charge in [0.2, 0.25) is 0 Å². The normalized spacial score (nSPS) is 18.9. The number of rotatable bonds is 7. The number of aliphatic hydroxyl groups excluding tert-OH is 1. The van der Waals surface area contributed by atoms with Gasteiger partial charge < -0.3 is 14.7 Å². The molecule has 0 saturated carbocycles. The largest absolute Gasteiger partial charge is 0.507 e. The van der Waals surface area contributed by atoms with E-state index in [1.807, 2.05) is 31.4 Å². The van der Waals surface area contributed by atoms with Crippen LogP contribution in [0.1, 0.15) is 43.2 Å². The molecule has 2 aromatic rings. The highest BCUT2D eigenvalue weighted by atomic mass is 32.1. The SMILES string of the molecule is CCCCN1C(=O)C(=O)/C(=C(\O)c2ccc(OCC)cc2)C1c1cccs1. The molecular formula is C21H23NO4S. The van der Waals surface area contributed by atoms with Gasteiger partial charge >= 0.3 is 0 Å². The number of hydrogen-bond donors (Lipinski definition) is 1. The first-order valence-electron chi connectivity index (χ1n) is 9.13. The highest BCUT2D eigenvalue weighted by molar-refractivity contribution is 7.10. The summed E-state index contributed by atoms with van der Waals surface area (Å²) in [5.41, 5.74) is 0.649. The number of benzene rings is 1. The Kier molecular flexibility index (Phi) is 5.96. The molecule has 0 spiro atoms. The van der Waals surface area contributed by atoms with Crippen molar-refractivity contribution in [3.05, 3.63) is 57.8 Å². The molecule has 2 heterocycles. The van der Waals surface area contributed by atoms with Crippen LogP contribution in [0.3, 0.4) is 0 Å². The van der Waals surface area contributed by atoms with Crippen molar-refractivity contribution >= 4 is 28.8 Å². The monoisotopic (exact) mass is 385 g/mol. The fraction of sp³-hybridized carbons (Fsp3) is 0.333. The molecule has 0 aliphatic carbocycles. The standard InChI is InChI=1S/C21H23NO4S/c1-3-5-12-22-18(16-7-6-13-27-16)17(20(24)21(22)25)19(23)14-8-10-15(11-9-14)26-4-2/h6-11,13,18,23H,3-5,12H2,1-2H3/b19-17-. The number of nitrogens with zero attached hydrogens (tertiary/aromatic N) is 1. The van der Waals surface area contributed by atoms with Crippen molar-refractivity contribution in [1.29, 1.82) is 0 Å². The number of thiophene rings is 1. The number of likely N-dealkylation sites (tertiary alicyclic amines) is 1. The van der Waals surface area contributed by atoms with Gasteiger partial charge in [-0.2, -0.15) is 0 Å². The van der Waals surface area contributed by atoms with Crippen LogP contribution >= 0.6 is 11.3 Å². The molecule has 1 aliphatic heterocycles. The topological polar surface area (TPSA) is 66.8 Å². The van der Waals surface area contributed by atoms with E-state index >= 15 is 0 Å². The highest BCUT2D eigenvalue weighted by Gasteiger charge is 2.46. The molecule has 27 heavy (non-hydrogen) atoms. The quantitative estimate of drug-likeness (QED) is 0.437. The van der Waals surface area contributed by atoms with Gasteiger partial charge in [-0.3, -0.25) is 9.59 Å². The van der Waals surface area contributed by atoms with Gasteiger partial charge in [-0.15, -0.1) is 11.3 Å². The van der Waals surface area contributed by atoms with Crippen LogP contribution < -0.4 is 4.74 Å². The third-order valence-corrected chi connectivity index (χ3v) is 5.47. The maximum Gasteiger partial charge on any atom is 0.295 e. The molecule has 1 aromatic heterocycles. The first-order chi connectivity index (χ1) is 13.1. The molecule has 1 aliphatic rings. The number of carbonyl (C=O) groups excluding carboxylic acids is 2. The van der Waals surface area contributed by atoms with Crippen LogP contribution in [0.15, 0.2) is 47.4 Å². The van der Waals surface area contributed by atoms with Crippen molar-refractivity contribution in [2.45, 2.75) is 32.7 Å². The molecule has 3 rings (SSSR count). The Morgan fingerprint density at radius 2 is 1.93 bits per heavy atom. The first-order valence-corrected chi connectivity index (χ1v) is 10.0. The smallest absolute Gasteiger partial charge is 0.295 e. The number of Topliss-reactive ketones (excluding diaryl/α,β-unsaturated/α-hetero) is 1. The maximum atomic E-state index is 12.7. The third-order valence-electron chi connectivity index (χ3n) is 4.54. The second-order valence-corrected chi connectivity index (χ2v) is 7.30. The Labute approximate surface area is 162 Å². The van der Waals surface area contributed by atoms with Gasteiger partial charge in [-0.05, 0) is 49.1 Å². The number of ether oxygens (including phenoxy) is 1. The Hall–Kier alpha value is -2.60. The molecule has 0 bridgehead atoms. The average Bonchev–Trinajstić information content (AvgIpc) is 3.28. The minimum Gasteiger partial charge on any atom is -0.507 e. The Balaban J connectivity index is 2.05. The zero-order valence-corrected chi connectivity index (χ0v) is 16.3. The van der Waals surface area contributed by atoms with Crippen molar-refractivity contribution in [2.75, 3.05) is 13.2 Å². The van der Waals surface area contributed by atoms with E-state index in [4.69, 9.17) is 4.74 Å². The fourth-order valence-electron chi connectivity index (χ4n) is 3.21. The summed E-state index contributed by atoms with van der Waals surface area (Å²) < 4.78 is 5.42. The number of amides is 1. The van der Waals surface area contributed by atoms with Crippen LogP contribution in [0, 0.1) is 0 Å². The molecule has 1 unspecified atom stereocenters. The summed E-state index contributed by atoms with van der Waals surface area (Å²) in [5.74, 6) is -0.633. The molecule has 5 nitrogen and oxygen atoms in total. The number of unbranched alkanes of at least 4 members (excludes halogenated alkanes) is 1. The minimum atomic E-state index is -0.629. The van der Waals surface area contributed by atoms with E-state index in [0.29, 0.717) is 24.5 Å². The zero-order valence-electron chi connectivity index (χ0n) is 15.5. The van der Waals surface area contributed by atoms with Crippen LogP contribution in [0.4, 0.5) is 0 Å². The molecule has 0 radical (unpaired) electrons. The Bertz CT molecular complexity index is 840. The summed E-state index contributed by atoms with van der Waals surface area (Å²) in [6, 6.07) is 10.1. The zero-order chi connectivity index (χ0) is 19.4. The molecule has 6 heteroatoms. The molecule has 1 N–H and O–H groups in total. The molecule has 1 aromatic carbocycles. The lowest BCUT2D eigenvalue weighted by molar-refractivity contribution is -0.139. The van der Waals surface area contributed by atoms with E-state index in [0.717, 1.165) is 17.7 Å². The fourth-order valence-corrected chi connectivity index (χ4v) is 4.06. The van der Waals surface area contributed by atoms with E-state index in [1.54, 1.807) is 29.2 Å². The van der Waals surface area contributed by atoms with Crippen LogP contribution in [-0.4, -0.2) is 34.8 Å². The maximum absolute atomic E-state index is 12.7. The van der Waals surface area contributed by atoms with Crippen molar-refractivity contribution in [3.8, 4) is 5.75 Å². The van der Waals surface area contributed by atoms with Gasteiger partial charge in [0, 0.05) is 17.0 Å². The number of hydrogen-bond acceptors (Lipinski definition) is 5. The van der Waals surface area contributed by atoms with Crippen molar-refractivity contribution in [2.24, 2.45) is 0 Å². The van der Waals surface area contributed by atoms with Crippen molar-refractivity contribution < 1.29 is 19.4 Å². The van der Waals surface area contributed by atoms with E-state index in [9.17, 15) is 14.7 Å². The summed E-state index contributed by atoms with van der Waals surface area (Å²) in [5, 5.41) is 12.8. The minimum absolute atomic E-state index is 0.145. The highest BCUT2D eigenvalue weighted by Crippen LogP contribution is 2.41. The van der Waals surface area contributed by atoms with E-state index < -0.39 is 17.7 Å². The van der Waals surface area contributed by atoms with E-state index in [-0.39, 0.29) is 11.3 Å². The van der Waals surface area contributed by atoms with Crippen molar-refractivity contribution in [1.82, 2.24) is 4.90 Å². The summed E-state index contributed by atoms with van der Waals surface area (Å²) in [4.78, 5) is 27.8. The summed E-state index contributed by atoms with van der Waals surface area (Å²) >= 11 is 1.48. The van der Waals surface area contributed by atoms with Crippen LogP contribution in [0.2, 0.25) is 0 Å². The van der Waals surface area contributed by atoms with E-state index in [2.05, 4.69) is 0 Å². The molecule has 1 fully saturated rings. The molecule has 1 amide bonds. The van der Waals surface area contributed by atoms with Gasteiger partial charge in [0.15, 0.2) is 0 Å². The van der Waals surface area contributed by atoms with Crippen LogP contribution in [0.5, 0.6) is 5.75 Å². The number of ketones is 1. The van der Waals surface area contributed by atoms with Crippen molar-refractivity contribution in [3.63, 3.8) is 0 Å². The predicted octanol–water partition coefficient (Wildman–Crippen LogP) is 4.37. The molecule has 1 atom stereocenters. The average molecular weight is 385 g/mol. The number of carbonyl (C=O) groups is 2. The van der Waals surface area contributed by atoms with Crippen LogP contribution in [0.25, 0.3) is 5.76 Å². The van der Waals surface area contributed by atoms with Gasteiger partial charge in [0.25, 0.3) is 11.7 Å². The summed E-state index contributed by atoms with van der Waals surface area (Å²) in [7, 11) is 0. The second kappa shape index (κ2) is 8.39. The number of aliphatic hydroxyl groups is 1. The molecule has 1 saturated heterocycles. The molecule has 142 valence electrons. The Morgan fingerprint density at radius 3 is 2.52 bits per heavy atom. The Morgan fingerprint density at radius 1 is 1.19 bits per heavy atom. The van der Waals surface area contributed by atoms with Gasteiger partial charge in [-0.25, -0.2) is 0 Å². The lowest BCUT2D eigenvalue weighted by Gasteiger charge is -2.23. The third kappa shape index (κ3) is 3.76. The summed E-state index contributed by atoms with van der Waals surface area (Å²) in [6.45, 7) is 4.97.